The quantitative estimate of drug-likeness (QED) is 0.711. The van der Waals surface area contributed by atoms with Gasteiger partial charge in [0.15, 0.2) is 0 Å². The fourth-order valence-electron chi connectivity index (χ4n) is 3.76. The molecule has 2 aliphatic rings. The molecule has 0 aromatic heterocycles. The fourth-order valence-corrected chi connectivity index (χ4v) is 4.17. The average Bonchev–Trinajstić information content (AvgIpc) is 2.57. The zero-order valence-electron chi connectivity index (χ0n) is 11.9. The highest BCUT2D eigenvalue weighted by atomic mass is 79.9. The van der Waals surface area contributed by atoms with E-state index in [1.165, 1.54) is 56.1 Å². The lowest BCUT2D eigenvalue weighted by atomic mass is 9.84. The lowest BCUT2D eigenvalue weighted by molar-refractivity contribution is -0.111. The Balaban J connectivity index is 1.97. The van der Waals surface area contributed by atoms with Crippen LogP contribution in [-0.4, -0.2) is 18.9 Å². The number of hydrogen-bond acceptors (Lipinski definition) is 2. The van der Waals surface area contributed by atoms with Gasteiger partial charge in [0.25, 0.3) is 0 Å². The van der Waals surface area contributed by atoms with Gasteiger partial charge >= 0.3 is 0 Å². The van der Waals surface area contributed by atoms with E-state index in [1.807, 2.05) is 0 Å². The first-order valence-electron chi connectivity index (χ1n) is 7.80. The van der Waals surface area contributed by atoms with E-state index < -0.39 is 0 Å². The van der Waals surface area contributed by atoms with Crippen LogP contribution >= 0.6 is 15.9 Å². The van der Waals surface area contributed by atoms with Crippen molar-refractivity contribution in [2.45, 2.75) is 51.0 Å². The van der Waals surface area contributed by atoms with Gasteiger partial charge in [0, 0.05) is 28.7 Å². The minimum atomic E-state index is 0.162. The van der Waals surface area contributed by atoms with Gasteiger partial charge in [0.1, 0.15) is 6.29 Å². The van der Waals surface area contributed by atoms with Crippen molar-refractivity contribution in [1.29, 1.82) is 0 Å². The van der Waals surface area contributed by atoms with Gasteiger partial charge in [-0.25, -0.2) is 0 Å². The summed E-state index contributed by atoms with van der Waals surface area (Å²) < 4.78 is 1.11. The van der Waals surface area contributed by atoms with E-state index in [1.54, 1.807) is 0 Å². The maximum Gasteiger partial charge on any atom is 0.125 e. The number of rotatable bonds is 1. The van der Waals surface area contributed by atoms with Crippen LogP contribution in [-0.2, 0) is 11.2 Å². The Hall–Kier alpha value is -0.830. The van der Waals surface area contributed by atoms with Crippen LogP contribution in [0.5, 0.6) is 0 Å². The third-order valence-corrected chi connectivity index (χ3v) is 5.27. The molecule has 2 aliphatic heterocycles. The predicted octanol–water partition coefficient (Wildman–Crippen LogP) is 4.35. The number of halogens is 1. The largest absolute Gasteiger partial charge is 0.368 e. The number of nitrogens with zero attached hydrogens (tertiary/aromatic N) is 1. The molecule has 2 heterocycles. The fraction of sp³-hybridized carbons (Fsp3) is 0.588. The van der Waals surface area contributed by atoms with Crippen LogP contribution in [0.1, 0.15) is 44.1 Å². The standard InChI is InChI=1S/C17H22BrNO/c18-15-7-8-17-13(11-15)10-14(12-20)16-6-4-2-1-3-5-9-19(16)17/h7-8,11-12,14,16H,1-6,9-10H2/t14-,16-/m0/s1. The van der Waals surface area contributed by atoms with Crippen LogP contribution in [0.2, 0.25) is 0 Å². The van der Waals surface area contributed by atoms with Gasteiger partial charge in [-0.2, -0.15) is 0 Å². The first-order valence-corrected chi connectivity index (χ1v) is 8.59. The summed E-state index contributed by atoms with van der Waals surface area (Å²) in [6.45, 7) is 1.10. The number of aldehydes is 1. The van der Waals surface area contributed by atoms with Gasteiger partial charge in [-0.05, 0) is 43.0 Å². The number of benzene rings is 1. The molecule has 20 heavy (non-hydrogen) atoms. The Labute approximate surface area is 129 Å². The Morgan fingerprint density at radius 1 is 1.15 bits per heavy atom. The topological polar surface area (TPSA) is 20.3 Å². The van der Waals surface area contributed by atoms with Crippen LogP contribution in [0.4, 0.5) is 5.69 Å². The van der Waals surface area contributed by atoms with Crippen LogP contribution < -0.4 is 4.90 Å². The zero-order chi connectivity index (χ0) is 13.9. The molecule has 3 rings (SSSR count). The average molecular weight is 336 g/mol. The van der Waals surface area contributed by atoms with Gasteiger partial charge in [-0.1, -0.05) is 41.6 Å². The maximum atomic E-state index is 11.6. The summed E-state index contributed by atoms with van der Waals surface area (Å²) in [4.78, 5) is 14.1. The molecule has 0 saturated carbocycles. The smallest absolute Gasteiger partial charge is 0.125 e. The first-order chi connectivity index (χ1) is 9.79. The highest BCUT2D eigenvalue weighted by Gasteiger charge is 2.33. The Morgan fingerprint density at radius 2 is 1.95 bits per heavy atom. The monoisotopic (exact) mass is 335 g/mol. The van der Waals surface area contributed by atoms with Crippen molar-refractivity contribution in [2.24, 2.45) is 5.92 Å². The van der Waals surface area contributed by atoms with E-state index in [-0.39, 0.29) is 5.92 Å². The maximum absolute atomic E-state index is 11.6. The summed E-state index contributed by atoms with van der Waals surface area (Å²) in [5.41, 5.74) is 2.69. The predicted molar refractivity (Wildman–Crippen MR) is 86.2 cm³/mol. The summed E-state index contributed by atoms with van der Waals surface area (Å²) in [5, 5.41) is 0. The highest BCUT2D eigenvalue weighted by Crippen LogP contribution is 2.37. The van der Waals surface area contributed by atoms with Crippen LogP contribution in [0.25, 0.3) is 0 Å². The second-order valence-corrected chi connectivity index (χ2v) is 7.01. The third kappa shape index (κ3) is 2.78. The molecule has 0 aliphatic carbocycles. The number of fused-ring (bicyclic) bond motifs is 3. The van der Waals surface area contributed by atoms with Crippen LogP contribution in [0, 0.1) is 5.92 Å². The van der Waals surface area contributed by atoms with E-state index in [0.29, 0.717) is 6.04 Å². The summed E-state index contributed by atoms with van der Waals surface area (Å²) in [6, 6.07) is 6.96. The SMILES string of the molecule is O=C[C@@H]1Cc2cc(Br)ccc2N2CCCCCCC[C@@H]12. The number of hydrogen-bond donors (Lipinski definition) is 0. The first kappa shape index (κ1) is 14.1. The number of anilines is 1. The second kappa shape index (κ2) is 6.30. The van der Waals surface area contributed by atoms with Crippen LogP contribution in [0.15, 0.2) is 22.7 Å². The van der Waals surface area contributed by atoms with Gasteiger partial charge in [-0.15, -0.1) is 0 Å². The van der Waals surface area contributed by atoms with E-state index in [2.05, 4.69) is 39.0 Å². The molecule has 2 atom stereocenters. The molecule has 3 heteroatoms. The van der Waals surface area contributed by atoms with Crippen molar-refractivity contribution in [3.8, 4) is 0 Å². The van der Waals surface area contributed by atoms with E-state index >= 15 is 0 Å². The van der Waals surface area contributed by atoms with Crippen molar-refractivity contribution >= 4 is 27.9 Å². The molecule has 1 aromatic carbocycles. The van der Waals surface area contributed by atoms with Gasteiger partial charge in [-0.3, -0.25) is 0 Å². The molecule has 1 fully saturated rings. The van der Waals surface area contributed by atoms with Crippen molar-refractivity contribution in [1.82, 2.24) is 0 Å². The normalized spacial score (nSPS) is 26.8. The molecule has 0 N–H and O–H groups in total. The molecule has 0 spiro atoms. The minimum absolute atomic E-state index is 0.162. The summed E-state index contributed by atoms with van der Waals surface area (Å²) in [6.07, 6.45) is 9.76. The van der Waals surface area contributed by atoms with Gasteiger partial charge < -0.3 is 9.69 Å². The second-order valence-electron chi connectivity index (χ2n) is 6.09. The molecule has 0 bridgehead atoms. The lowest BCUT2D eigenvalue weighted by Crippen LogP contribution is -2.46. The third-order valence-electron chi connectivity index (χ3n) is 4.77. The molecule has 0 radical (unpaired) electrons. The zero-order valence-corrected chi connectivity index (χ0v) is 13.4. The minimum Gasteiger partial charge on any atom is -0.368 e. The Kier molecular flexibility index (Phi) is 4.45. The molecular weight excluding hydrogens is 314 g/mol. The van der Waals surface area contributed by atoms with Gasteiger partial charge in [0.05, 0.1) is 0 Å². The number of carbonyl (C=O) groups is 1. The van der Waals surface area contributed by atoms with Crippen molar-refractivity contribution in [3.05, 3.63) is 28.2 Å². The Morgan fingerprint density at radius 3 is 2.80 bits per heavy atom. The van der Waals surface area contributed by atoms with Gasteiger partial charge in [0.2, 0.25) is 0 Å². The van der Waals surface area contributed by atoms with E-state index in [0.717, 1.165) is 17.4 Å². The molecule has 1 saturated heterocycles. The molecular formula is C17H22BrNO. The highest BCUT2D eigenvalue weighted by molar-refractivity contribution is 9.10. The van der Waals surface area contributed by atoms with E-state index in [4.69, 9.17) is 0 Å². The van der Waals surface area contributed by atoms with E-state index in [9.17, 15) is 4.79 Å². The van der Waals surface area contributed by atoms with Crippen LogP contribution in [0.3, 0.4) is 0 Å². The molecule has 2 nitrogen and oxygen atoms in total. The summed E-state index contributed by atoms with van der Waals surface area (Å²) in [5.74, 6) is 0.162. The lowest BCUT2D eigenvalue weighted by Gasteiger charge is -2.42. The molecule has 108 valence electrons. The Bertz CT molecular complexity index is 488. The van der Waals surface area contributed by atoms with Crippen molar-refractivity contribution in [2.75, 3.05) is 11.4 Å². The number of carbonyl (C=O) groups excluding carboxylic acids is 1. The molecule has 0 amide bonds. The molecule has 1 aromatic rings. The summed E-state index contributed by atoms with van der Waals surface area (Å²) in [7, 11) is 0. The summed E-state index contributed by atoms with van der Waals surface area (Å²) >= 11 is 3.55. The van der Waals surface area contributed by atoms with Crippen molar-refractivity contribution in [3.63, 3.8) is 0 Å². The molecule has 0 unspecified atom stereocenters. The van der Waals surface area contributed by atoms with Crippen molar-refractivity contribution < 1.29 is 4.79 Å².